The third-order valence-corrected chi connectivity index (χ3v) is 2.86. The molecule has 0 saturated carbocycles. The van der Waals surface area contributed by atoms with Gasteiger partial charge in [0.1, 0.15) is 1.37 Å². The highest BCUT2D eigenvalue weighted by atomic mass is 32.1. The number of thiophene rings is 1. The lowest BCUT2D eigenvalue weighted by atomic mass is 10.1. The van der Waals surface area contributed by atoms with Crippen LogP contribution in [0.5, 0.6) is 0 Å². The highest BCUT2D eigenvalue weighted by molar-refractivity contribution is 7.17. The molecule has 0 aliphatic heterocycles. The molecule has 0 spiro atoms. The lowest BCUT2D eigenvalue weighted by molar-refractivity contribution is 0.0681. The van der Waals surface area contributed by atoms with E-state index < -0.39 is 12.2 Å². The number of halogens is 2. The molecule has 0 N–H and O–H groups in total. The summed E-state index contributed by atoms with van der Waals surface area (Å²) in [5.41, 5.74) is -0.0735. The van der Waals surface area contributed by atoms with E-state index >= 15 is 0 Å². The normalized spacial score (nSPS) is 12.9. The summed E-state index contributed by atoms with van der Waals surface area (Å²) in [6, 6.07) is 6.80. The zero-order valence-electron chi connectivity index (χ0n) is 7.96. The number of hydrogen-bond donors (Lipinski definition) is 0. The maximum atomic E-state index is 12.5. The molecule has 0 aliphatic rings. The molecular formula is C10H6F2OS. The lowest BCUT2D eigenvalue weighted by Crippen LogP contribution is -2.09. The van der Waals surface area contributed by atoms with Gasteiger partial charge < -0.3 is 0 Å². The van der Waals surface area contributed by atoms with Gasteiger partial charge in [-0.1, -0.05) is 18.2 Å². The van der Waals surface area contributed by atoms with Crippen molar-refractivity contribution in [1.29, 1.82) is 0 Å². The Bertz CT molecular complexity index is 515. The van der Waals surface area contributed by atoms with E-state index in [9.17, 15) is 13.6 Å². The average Bonchev–Trinajstić information content (AvgIpc) is 2.58. The summed E-state index contributed by atoms with van der Waals surface area (Å²) in [4.78, 5) is 11.2. The molecule has 0 atom stereocenters. The van der Waals surface area contributed by atoms with Gasteiger partial charge in [0.25, 0.3) is 0 Å². The fourth-order valence-corrected chi connectivity index (χ4v) is 2.20. The Morgan fingerprint density at radius 1 is 1.43 bits per heavy atom. The van der Waals surface area contributed by atoms with Gasteiger partial charge in [-0.3, -0.25) is 4.79 Å². The molecule has 2 rings (SSSR count). The average molecular weight is 213 g/mol. The van der Waals surface area contributed by atoms with Gasteiger partial charge in [0.2, 0.25) is 5.78 Å². The Morgan fingerprint density at radius 3 is 2.86 bits per heavy atom. The van der Waals surface area contributed by atoms with Gasteiger partial charge in [0, 0.05) is 21.0 Å². The number of Topliss-reactive ketones (excluding diaryl/α,β-unsaturated/α-hetero) is 1. The maximum Gasteiger partial charge on any atom is 0.300 e. The molecule has 0 radical (unpaired) electrons. The number of rotatable bonds is 2. The molecule has 2 aromatic rings. The van der Waals surface area contributed by atoms with Crippen molar-refractivity contribution >= 4 is 27.2 Å². The summed E-state index contributed by atoms with van der Waals surface area (Å²) in [5.74, 6) is -1.44. The Labute approximate surface area is 84.4 Å². The molecule has 0 aliphatic carbocycles. The van der Waals surface area contributed by atoms with E-state index in [1.54, 1.807) is 24.3 Å². The Morgan fingerprint density at radius 2 is 2.14 bits per heavy atom. The summed E-state index contributed by atoms with van der Waals surface area (Å²) in [6.45, 7) is 0. The zero-order valence-corrected chi connectivity index (χ0v) is 7.78. The van der Waals surface area contributed by atoms with Crippen LogP contribution in [-0.4, -0.2) is 12.2 Å². The zero-order chi connectivity index (χ0) is 11.1. The second-order valence-electron chi connectivity index (χ2n) is 2.74. The predicted octanol–water partition coefficient (Wildman–Crippen LogP) is 3.35. The third-order valence-electron chi connectivity index (χ3n) is 1.90. The van der Waals surface area contributed by atoms with Gasteiger partial charge >= 0.3 is 6.40 Å². The van der Waals surface area contributed by atoms with E-state index in [4.69, 9.17) is 1.37 Å². The molecule has 1 aromatic carbocycles. The van der Waals surface area contributed by atoms with Crippen LogP contribution in [0.1, 0.15) is 11.7 Å². The number of fused-ring (bicyclic) bond motifs is 1. The first-order valence-corrected chi connectivity index (χ1v) is 4.77. The maximum absolute atomic E-state index is 12.5. The lowest BCUT2D eigenvalue weighted by Gasteiger charge is -1.96. The number of benzene rings is 1. The molecule has 1 heterocycles. The van der Waals surface area contributed by atoms with Gasteiger partial charge in [-0.15, -0.1) is 11.3 Å². The van der Waals surface area contributed by atoms with Crippen molar-refractivity contribution in [2.45, 2.75) is 6.40 Å². The Kier molecular flexibility index (Phi) is 1.99. The van der Waals surface area contributed by atoms with Gasteiger partial charge in [0.15, 0.2) is 0 Å². The van der Waals surface area contributed by atoms with E-state index in [2.05, 4.69) is 0 Å². The molecule has 0 amide bonds. The van der Waals surface area contributed by atoms with Crippen molar-refractivity contribution < 1.29 is 14.9 Å². The van der Waals surface area contributed by atoms with Gasteiger partial charge in [-0.05, 0) is 6.07 Å². The minimum atomic E-state index is -4.05. The monoisotopic (exact) mass is 213 g/mol. The first-order valence-electron chi connectivity index (χ1n) is 4.39. The fourth-order valence-electron chi connectivity index (χ4n) is 1.26. The minimum absolute atomic E-state index is 0.0735. The molecule has 0 bridgehead atoms. The topological polar surface area (TPSA) is 17.1 Å². The molecule has 1 aromatic heterocycles. The fraction of sp³-hybridized carbons (Fsp3) is 0.100. The highest BCUT2D eigenvalue weighted by Gasteiger charge is 2.20. The summed E-state index contributed by atoms with van der Waals surface area (Å²) in [5, 5.41) is 1.86. The molecular weight excluding hydrogens is 206 g/mol. The molecule has 72 valence electrons. The van der Waals surface area contributed by atoms with Gasteiger partial charge in [-0.2, -0.15) is 0 Å². The molecule has 14 heavy (non-hydrogen) atoms. The summed E-state index contributed by atoms with van der Waals surface area (Å²) >= 11 is 1.22. The van der Waals surface area contributed by atoms with Crippen LogP contribution in [0.15, 0.2) is 29.6 Å². The van der Waals surface area contributed by atoms with E-state index in [0.29, 0.717) is 5.39 Å². The van der Waals surface area contributed by atoms with Crippen LogP contribution in [0.3, 0.4) is 0 Å². The van der Waals surface area contributed by atoms with Crippen molar-refractivity contribution in [3.63, 3.8) is 0 Å². The molecule has 4 heteroatoms. The number of alkyl halides is 2. The Hall–Kier alpha value is -1.29. The second kappa shape index (κ2) is 3.46. The van der Waals surface area contributed by atoms with E-state index in [-0.39, 0.29) is 5.56 Å². The third kappa shape index (κ3) is 1.42. The van der Waals surface area contributed by atoms with E-state index in [1.807, 2.05) is 0 Å². The molecule has 0 fully saturated rings. The quantitative estimate of drug-likeness (QED) is 0.699. The van der Waals surface area contributed by atoms with Crippen LogP contribution < -0.4 is 0 Å². The summed E-state index contributed by atoms with van der Waals surface area (Å²) in [7, 11) is 0. The van der Waals surface area contributed by atoms with Crippen LogP contribution >= 0.6 is 11.3 Å². The molecule has 0 saturated heterocycles. The van der Waals surface area contributed by atoms with E-state index in [1.165, 1.54) is 16.7 Å². The standard InChI is InChI=1S/C10H6F2OS/c11-10(12)9(13)7-5-14-8-4-2-1-3-6(7)8/h1-5,10H/i10D. The van der Waals surface area contributed by atoms with Crippen molar-refractivity contribution in [2.24, 2.45) is 0 Å². The van der Waals surface area contributed by atoms with E-state index in [0.717, 1.165) is 4.70 Å². The van der Waals surface area contributed by atoms with Crippen LogP contribution in [-0.2, 0) is 0 Å². The number of carbonyl (C=O) groups is 1. The first kappa shape index (κ1) is 8.05. The highest BCUT2D eigenvalue weighted by Crippen LogP contribution is 2.27. The Balaban J connectivity index is 2.58. The predicted molar refractivity (Wildman–Crippen MR) is 52.2 cm³/mol. The SMILES string of the molecule is [2H]C(F)(F)C(=O)c1csc2ccccc12. The van der Waals surface area contributed by atoms with Gasteiger partial charge in [0.05, 0.1) is 0 Å². The van der Waals surface area contributed by atoms with Crippen LogP contribution in [0, 0.1) is 0 Å². The van der Waals surface area contributed by atoms with Crippen LogP contribution in [0.2, 0.25) is 0 Å². The second-order valence-corrected chi connectivity index (χ2v) is 3.65. The van der Waals surface area contributed by atoms with Crippen molar-refractivity contribution in [3.8, 4) is 0 Å². The minimum Gasteiger partial charge on any atom is -0.288 e. The van der Waals surface area contributed by atoms with Crippen molar-refractivity contribution in [2.75, 3.05) is 0 Å². The first-order chi connectivity index (χ1) is 7.00. The van der Waals surface area contributed by atoms with Gasteiger partial charge in [-0.25, -0.2) is 8.78 Å². The van der Waals surface area contributed by atoms with Crippen LogP contribution in [0.25, 0.3) is 10.1 Å². The van der Waals surface area contributed by atoms with Crippen LogP contribution in [0.4, 0.5) is 8.78 Å². The van der Waals surface area contributed by atoms with Crippen molar-refractivity contribution in [1.82, 2.24) is 0 Å². The number of hydrogen-bond acceptors (Lipinski definition) is 2. The summed E-state index contributed by atoms with van der Waals surface area (Å²) in [6.07, 6.45) is -4.05. The smallest absolute Gasteiger partial charge is 0.288 e. The molecule has 1 nitrogen and oxygen atoms in total. The molecule has 0 unspecified atom stereocenters. The van der Waals surface area contributed by atoms with Crippen molar-refractivity contribution in [3.05, 3.63) is 35.2 Å². The summed E-state index contributed by atoms with van der Waals surface area (Å²) < 4.78 is 32.2. The number of carbonyl (C=O) groups excluding carboxylic acids is 1. The largest absolute Gasteiger partial charge is 0.300 e. The number of ketones is 1.